The highest BCUT2D eigenvalue weighted by Crippen LogP contribution is 2.33. The van der Waals surface area contributed by atoms with E-state index in [0.29, 0.717) is 10.8 Å². The third kappa shape index (κ3) is 2.84. The van der Waals surface area contributed by atoms with Crippen molar-refractivity contribution in [3.63, 3.8) is 0 Å². The van der Waals surface area contributed by atoms with Crippen molar-refractivity contribution in [2.75, 3.05) is 7.11 Å². The molecule has 19 heavy (non-hydrogen) atoms. The van der Waals surface area contributed by atoms with Crippen molar-refractivity contribution >= 4 is 28.5 Å². The number of halogens is 1. The number of hydrogen-bond acceptors (Lipinski definition) is 3. The van der Waals surface area contributed by atoms with Gasteiger partial charge in [0.15, 0.2) is 0 Å². The molecule has 0 N–H and O–H groups in total. The second-order valence-corrected chi connectivity index (χ2v) is 5.61. The lowest BCUT2D eigenvalue weighted by molar-refractivity contribution is 0.0538. The zero-order valence-electron chi connectivity index (χ0n) is 11.4. The molecule has 0 bridgehead atoms. The van der Waals surface area contributed by atoms with E-state index < -0.39 is 11.7 Å². The maximum absolute atomic E-state index is 12.0. The van der Waals surface area contributed by atoms with Crippen LogP contribution in [-0.4, -0.2) is 23.4 Å². The van der Waals surface area contributed by atoms with Gasteiger partial charge in [-0.1, -0.05) is 11.6 Å². The van der Waals surface area contributed by atoms with E-state index in [1.165, 1.54) is 4.57 Å². The minimum atomic E-state index is -0.533. The van der Waals surface area contributed by atoms with Gasteiger partial charge in [-0.25, -0.2) is 4.79 Å². The maximum atomic E-state index is 12.0. The number of ether oxygens (including phenoxy) is 2. The van der Waals surface area contributed by atoms with Gasteiger partial charge in [0.25, 0.3) is 0 Å². The van der Waals surface area contributed by atoms with E-state index in [2.05, 4.69) is 0 Å². The lowest BCUT2D eigenvalue weighted by Gasteiger charge is -2.19. The molecule has 1 aromatic heterocycles. The van der Waals surface area contributed by atoms with Crippen molar-refractivity contribution in [1.82, 2.24) is 4.57 Å². The molecule has 5 heteroatoms. The first-order valence-electron chi connectivity index (χ1n) is 5.89. The van der Waals surface area contributed by atoms with Gasteiger partial charge < -0.3 is 9.47 Å². The SMILES string of the molecule is COc1ccc2cn(C(=O)OC(C)(C)C)cc2c1Cl. The Hall–Kier alpha value is -1.68. The molecule has 0 fully saturated rings. The summed E-state index contributed by atoms with van der Waals surface area (Å²) < 4.78 is 11.8. The number of rotatable bonds is 1. The highest BCUT2D eigenvalue weighted by molar-refractivity contribution is 6.37. The molecule has 0 aliphatic carbocycles. The molecule has 102 valence electrons. The number of methoxy groups -OCH3 is 1. The van der Waals surface area contributed by atoms with E-state index in [-0.39, 0.29) is 0 Å². The van der Waals surface area contributed by atoms with E-state index in [0.717, 1.165) is 10.8 Å². The number of benzene rings is 1. The smallest absolute Gasteiger partial charge is 0.418 e. The first-order chi connectivity index (χ1) is 8.81. The average Bonchev–Trinajstić information content (AvgIpc) is 2.72. The topological polar surface area (TPSA) is 40.5 Å². The minimum Gasteiger partial charge on any atom is -0.495 e. The van der Waals surface area contributed by atoms with Crippen LogP contribution in [0, 0.1) is 0 Å². The third-order valence-corrected chi connectivity index (χ3v) is 2.94. The summed E-state index contributed by atoms with van der Waals surface area (Å²) in [7, 11) is 1.55. The number of fused-ring (bicyclic) bond motifs is 1. The van der Waals surface area contributed by atoms with E-state index in [9.17, 15) is 4.79 Å². The van der Waals surface area contributed by atoms with Crippen molar-refractivity contribution in [2.24, 2.45) is 0 Å². The lowest BCUT2D eigenvalue weighted by Crippen LogP contribution is -2.26. The standard InChI is InChI=1S/C14H16ClNO3/c1-14(2,3)19-13(17)16-7-9-5-6-11(18-4)12(15)10(9)8-16/h5-8H,1-4H3. The van der Waals surface area contributed by atoms with Gasteiger partial charge in [0.05, 0.1) is 12.1 Å². The minimum absolute atomic E-state index is 0.432. The summed E-state index contributed by atoms with van der Waals surface area (Å²) in [6.45, 7) is 5.47. The van der Waals surface area contributed by atoms with Crippen LogP contribution in [-0.2, 0) is 4.74 Å². The molecular weight excluding hydrogens is 266 g/mol. The van der Waals surface area contributed by atoms with Crippen molar-refractivity contribution in [1.29, 1.82) is 0 Å². The monoisotopic (exact) mass is 281 g/mol. The molecular formula is C14H16ClNO3. The zero-order valence-corrected chi connectivity index (χ0v) is 12.1. The van der Waals surface area contributed by atoms with Gasteiger partial charge in [-0.05, 0) is 32.9 Å². The predicted molar refractivity (Wildman–Crippen MR) is 75.1 cm³/mol. The van der Waals surface area contributed by atoms with Gasteiger partial charge >= 0.3 is 6.09 Å². The lowest BCUT2D eigenvalue weighted by atomic mass is 10.2. The Labute approximate surface area is 116 Å². The molecule has 2 rings (SSSR count). The fraction of sp³-hybridized carbons (Fsp3) is 0.357. The van der Waals surface area contributed by atoms with E-state index >= 15 is 0 Å². The molecule has 0 amide bonds. The van der Waals surface area contributed by atoms with Gasteiger partial charge in [0, 0.05) is 23.2 Å². The summed E-state index contributed by atoms with van der Waals surface area (Å²) in [5.41, 5.74) is -0.533. The molecule has 0 unspecified atom stereocenters. The average molecular weight is 282 g/mol. The van der Waals surface area contributed by atoms with Crippen LogP contribution < -0.4 is 4.74 Å². The van der Waals surface area contributed by atoms with Crippen molar-refractivity contribution in [3.8, 4) is 5.75 Å². The van der Waals surface area contributed by atoms with Crippen LogP contribution in [0.15, 0.2) is 24.5 Å². The molecule has 1 aromatic carbocycles. The number of aromatic nitrogens is 1. The van der Waals surface area contributed by atoms with Crippen LogP contribution in [0.4, 0.5) is 4.79 Å². The predicted octanol–water partition coefficient (Wildman–Crippen LogP) is 4.09. The Bertz CT molecular complexity index is 625. The fourth-order valence-corrected chi connectivity index (χ4v) is 2.03. The highest BCUT2D eigenvalue weighted by Gasteiger charge is 2.18. The van der Waals surface area contributed by atoms with Crippen LogP contribution in [0.5, 0.6) is 5.75 Å². The third-order valence-electron chi connectivity index (χ3n) is 2.55. The normalized spacial score (nSPS) is 11.6. The van der Waals surface area contributed by atoms with E-state index in [1.807, 2.05) is 26.8 Å². The summed E-state index contributed by atoms with van der Waals surface area (Å²) in [5.74, 6) is 0.580. The summed E-state index contributed by atoms with van der Waals surface area (Å²) in [6, 6.07) is 3.62. The van der Waals surface area contributed by atoms with Crippen molar-refractivity contribution in [3.05, 3.63) is 29.5 Å². The van der Waals surface area contributed by atoms with Gasteiger partial charge in [-0.15, -0.1) is 0 Å². The van der Waals surface area contributed by atoms with Gasteiger partial charge in [0.2, 0.25) is 0 Å². The number of nitrogens with zero attached hydrogens (tertiary/aromatic N) is 1. The number of carbonyl (C=O) groups is 1. The molecule has 0 spiro atoms. The first-order valence-corrected chi connectivity index (χ1v) is 6.27. The number of hydrogen-bond donors (Lipinski definition) is 0. The summed E-state index contributed by atoms with van der Waals surface area (Å²) >= 11 is 6.20. The van der Waals surface area contributed by atoms with Crippen LogP contribution in [0.3, 0.4) is 0 Å². The van der Waals surface area contributed by atoms with Crippen molar-refractivity contribution in [2.45, 2.75) is 26.4 Å². The van der Waals surface area contributed by atoms with Gasteiger partial charge in [0.1, 0.15) is 11.4 Å². The molecule has 0 aliphatic heterocycles. The molecule has 0 atom stereocenters. The van der Waals surface area contributed by atoms with E-state index in [1.54, 1.807) is 25.6 Å². The number of carbonyl (C=O) groups excluding carboxylic acids is 1. The Kier molecular flexibility index (Phi) is 3.45. The van der Waals surface area contributed by atoms with E-state index in [4.69, 9.17) is 21.1 Å². The fourth-order valence-electron chi connectivity index (χ4n) is 1.74. The Morgan fingerprint density at radius 3 is 2.53 bits per heavy atom. The summed E-state index contributed by atoms with van der Waals surface area (Å²) in [5, 5.41) is 2.10. The Morgan fingerprint density at radius 1 is 1.26 bits per heavy atom. The van der Waals surface area contributed by atoms with Crippen molar-refractivity contribution < 1.29 is 14.3 Å². The largest absolute Gasteiger partial charge is 0.495 e. The van der Waals surface area contributed by atoms with Crippen LogP contribution in [0.1, 0.15) is 20.8 Å². The summed E-state index contributed by atoms with van der Waals surface area (Å²) in [4.78, 5) is 12.0. The van der Waals surface area contributed by atoms with Crippen LogP contribution in [0.2, 0.25) is 5.02 Å². The zero-order chi connectivity index (χ0) is 14.2. The second kappa shape index (κ2) is 4.78. The summed E-state index contributed by atoms with van der Waals surface area (Å²) in [6.07, 6.45) is 2.90. The molecule has 0 saturated heterocycles. The first kappa shape index (κ1) is 13.7. The molecule has 0 saturated carbocycles. The molecule has 1 heterocycles. The van der Waals surface area contributed by atoms with Gasteiger partial charge in [-0.2, -0.15) is 0 Å². The molecule has 0 radical (unpaired) electrons. The quantitative estimate of drug-likeness (QED) is 0.790. The maximum Gasteiger partial charge on any atom is 0.418 e. The Balaban J connectivity index is 2.42. The second-order valence-electron chi connectivity index (χ2n) is 5.23. The molecule has 0 aliphatic rings. The van der Waals surface area contributed by atoms with Gasteiger partial charge in [-0.3, -0.25) is 4.57 Å². The van der Waals surface area contributed by atoms with Crippen LogP contribution in [0.25, 0.3) is 10.8 Å². The van der Waals surface area contributed by atoms with Crippen LogP contribution >= 0.6 is 11.6 Å². The highest BCUT2D eigenvalue weighted by atomic mass is 35.5. The molecule has 2 aromatic rings. The Morgan fingerprint density at radius 2 is 1.95 bits per heavy atom. The molecule has 4 nitrogen and oxygen atoms in total.